The van der Waals surface area contributed by atoms with Crippen LogP contribution < -0.4 is 10.6 Å². The van der Waals surface area contributed by atoms with Gasteiger partial charge in [0.1, 0.15) is 0 Å². The maximum atomic E-state index is 14.5. The van der Waals surface area contributed by atoms with E-state index in [2.05, 4.69) is 25.8 Å². The molecule has 3 N–H and O–H groups in total. The number of halogens is 1. The van der Waals surface area contributed by atoms with Gasteiger partial charge in [-0.05, 0) is 40.7 Å². The SMILES string of the molecule is Cc1n[nH]c(C)c1Nc1nccc(CNC(C)(C)C)c1F. The summed E-state index contributed by atoms with van der Waals surface area (Å²) in [5, 5.41) is 13.2. The highest BCUT2D eigenvalue weighted by Gasteiger charge is 2.15. The predicted octanol–water partition coefficient (Wildman–Crippen LogP) is 3.19. The molecule has 6 heteroatoms. The Labute approximate surface area is 124 Å². The molecule has 0 amide bonds. The van der Waals surface area contributed by atoms with E-state index in [1.54, 1.807) is 12.3 Å². The molecule has 0 atom stereocenters. The molecule has 5 nitrogen and oxygen atoms in total. The molecule has 2 rings (SSSR count). The van der Waals surface area contributed by atoms with E-state index < -0.39 is 0 Å². The monoisotopic (exact) mass is 291 g/mol. The third kappa shape index (κ3) is 3.78. The highest BCUT2D eigenvalue weighted by Crippen LogP contribution is 2.24. The van der Waals surface area contributed by atoms with Crippen molar-refractivity contribution in [3.63, 3.8) is 0 Å². The number of aromatic amines is 1. The minimum Gasteiger partial charge on any atom is -0.335 e. The molecule has 0 bridgehead atoms. The molecule has 21 heavy (non-hydrogen) atoms. The quantitative estimate of drug-likeness (QED) is 0.809. The van der Waals surface area contributed by atoms with Crippen LogP contribution in [0.3, 0.4) is 0 Å². The summed E-state index contributed by atoms with van der Waals surface area (Å²) in [6, 6.07) is 1.69. The summed E-state index contributed by atoms with van der Waals surface area (Å²) in [5.41, 5.74) is 2.92. The van der Waals surface area contributed by atoms with Crippen LogP contribution in [0.4, 0.5) is 15.9 Å². The standard InChI is InChI=1S/C15H22FN5/c1-9-13(10(2)21-20-9)19-14-12(16)11(6-7-17-14)8-18-15(3,4)5/h6-7,18H,8H2,1-5H3,(H,17,19)(H,20,21). The van der Waals surface area contributed by atoms with Crippen LogP contribution in [0.2, 0.25) is 0 Å². The molecule has 0 spiro atoms. The molecule has 0 unspecified atom stereocenters. The molecule has 2 aromatic rings. The van der Waals surface area contributed by atoms with Crippen LogP contribution >= 0.6 is 0 Å². The van der Waals surface area contributed by atoms with Gasteiger partial charge in [0.25, 0.3) is 0 Å². The lowest BCUT2D eigenvalue weighted by Crippen LogP contribution is -2.35. The van der Waals surface area contributed by atoms with Gasteiger partial charge in [-0.3, -0.25) is 5.10 Å². The Balaban J connectivity index is 2.22. The molecule has 0 aliphatic heterocycles. The average Bonchev–Trinajstić information content (AvgIpc) is 2.70. The van der Waals surface area contributed by atoms with Crippen LogP contribution in [0, 0.1) is 19.7 Å². The van der Waals surface area contributed by atoms with Crippen molar-refractivity contribution in [2.75, 3.05) is 5.32 Å². The summed E-state index contributed by atoms with van der Waals surface area (Å²) < 4.78 is 14.5. The Morgan fingerprint density at radius 2 is 2.00 bits per heavy atom. The number of hydrogen-bond acceptors (Lipinski definition) is 4. The molecule has 0 saturated heterocycles. The Hall–Kier alpha value is -1.95. The topological polar surface area (TPSA) is 65.6 Å². The zero-order valence-electron chi connectivity index (χ0n) is 13.1. The van der Waals surface area contributed by atoms with Crippen molar-refractivity contribution in [2.24, 2.45) is 0 Å². The largest absolute Gasteiger partial charge is 0.335 e. The third-order valence-corrected chi connectivity index (χ3v) is 3.15. The van der Waals surface area contributed by atoms with Crippen LogP contribution in [0.5, 0.6) is 0 Å². The number of aromatic nitrogens is 3. The van der Waals surface area contributed by atoms with Crippen LogP contribution in [-0.4, -0.2) is 20.7 Å². The Bertz CT molecular complexity index is 608. The van der Waals surface area contributed by atoms with Gasteiger partial charge in [-0.15, -0.1) is 0 Å². The second-order valence-corrected chi connectivity index (χ2v) is 6.17. The molecule has 114 valence electrons. The summed E-state index contributed by atoms with van der Waals surface area (Å²) >= 11 is 0. The third-order valence-electron chi connectivity index (χ3n) is 3.15. The molecular formula is C15H22FN5. The zero-order chi connectivity index (χ0) is 15.6. The van der Waals surface area contributed by atoms with Crippen molar-refractivity contribution < 1.29 is 4.39 Å². The van der Waals surface area contributed by atoms with Crippen LogP contribution in [0.1, 0.15) is 37.7 Å². The van der Waals surface area contributed by atoms with Gasteiger partial charge in [0.15, 0.2) is 11.6 Å². The first-order valence-electron chi connectivity index (χ1n) is 6.95. The highest BCUT2D eigenvalue weighted by atomic mass is 19.1. The van der Waals surface area contributed by atoms with Crippen LogP contribution in [0.25, 0.3) is 0 Å². The number of nitrogens with zero attached hydrogens (tertiary/aromatic N) is 2. The number of nitrogens with one attached hydrogen (secondary N) is 3. The van der Waals surface area contributed by atoms with Crippen molar-refractivity contribution in [2.45, 2.75) is 46.7 Å². The fraction of sp³-hybridized carbons (Fsp3) is 0.467. The summed E-state index contributed by atoms with van der Waals surface area (Å²) in [5.74, 6) is -0.120. The molecular weight excluding hydrogens is 269 g/mol. The van der Waals surface area contributed by atoms with Crippen molar-refractivity contribution in [1.82, 2.24) is 20.5 Å². The maximum Gasteiger partial charge on any atom is 0.170 e. The van der Waals surface area contributed by atoms with Gasteiger partial charge in [-0.2, -0.15) is 5.10 Å². The van der Waals surface area contributed by atoms with Crippen LogP contribution in [0.15, 0.2) is 12.3 Å². The van der Waals surface area contributed by atoms with Gasteiger partial charge in [-0.1, -0.05) is 0 Å². The summed E-state index contributed by atoms with van der Waals surface area (Å²) in [7, 11) is 0. The van der Waals surface area contributed by atoms with E-state index in [1.807, 2.05) is 34.6 Å². The number of aryl methyl sites for hydroxylation is 2. The zero-order valence-corrected chi connectivity index (χ0v) is 13.1. The Morgan fingerprint density at radius 1 is 1.29 bits per heavy atom. The van der Waals surface area contributed by atoms with Gasteiger partial charge in [0, 0.05) is 23.8 Å². The van der Waals surface area contributed by atoms with E-state index in [0.29, 0.717) is 12.1 Å². The Morgan fingerprint density at radius 3 is 2.57 bits per heavy atom. The van der Waals surface area contributed by atoms with Gasteiger partial charge >= 0.3 is 0 Å². The van der Waals surface area contributed by atoms with Crippen molar-refractivity contribution >= 4 is 11.5 Å². The smallest absolute Gasteiger partial charge is 0.170 e. The number of anilines is 2. The molecule has 0 aliphatic rings. The fourth-order valence-corrected chi connectivity index (χ4v) is 1.92. The number of pyridine rings is 1. The summed E-state index contributed by atoms with van der Waals surface area (Å²) in [6.07, 6.45) is 1.61. The first-order valence-corrected chi connectivity index (χ1v) is 6.95. The molecule has 0 aromatic carbocycles. The van der Waals surface area contributed by atoms with Crippen LogP contribution in [-0.2, 0) is 6.54 Å². The number of rotatable bonds is 4. The van der Waals surface area contributed by atoms with E-state index in [9.17, 15) is 4.39 Å². The summed E-state index contributed by atoms with van der Waals surface area (Å²) in [6.45, 7) is 10.3. The second kappa shape index (κ2) is 5.81. The lowest BCUT2D eigenvalue weighted by atomic mass is 10.1. The molecule has 0 radical (unpaired) electrons. The molecule has 0 saturated carbocycles. The van der Waals surface area contributed by atoms with E-state index in [4.69, 9.17) is 0 Å². The van der Waals surface area contributed by atoms with Crippen molar-refractivity contribution in [3.8, 4) is 0 Å². The maximum absolute atomic E-state index is 14.5. The fourth-order valence-electron chi connectivity index (χ4n) is 1.92. The van der Waals surface area contributed by atoms with Crippen molar-refractivity contribution in [1.29, 1.82) is 0 Å². The van der Waals surface area contributed by atoms with Crippen molar-refractivity contribution in [3.05, 3.63) is 35.0 Å². The normalized spacial score (nSPS) is 11.7. The minimum atomic E-state index is -0.339. The summed E-state index contributed by atoms with van der Waals surface area (Å²) in [4.78, 5) is 4.08. The highest BCUT2D eigenvalue weighted by molar-refractivity contribution is 5.62. The lowest BCUT2D eigenvalue weighted by Gasteiger charge is -2.21. The van der Waals surface area contributed by atoms with Gasteiger partial charge in [-0.25, -0.2) is 9.37 Å². The first kappa shape index (κ1) is 15.4. The number of H-pyrrole nitrogens is 1. The molecule has 2 heterocycles. The first-order chi connectivity index (χ1) is 9.78. The molecule has 2 aromatic heterocycles. The van der Waals surface area contributed by atoms with Gasteiger partial charge < -0.3 is 10.6 Å². The van der Waals surface area contributed by atoms with E-state index >= 15 is 0 Å². The van der Waals surface area contributed by atoms with E-state index in [1.165, 1.54) is 0 Å². The average molecular weight is 291 g/mol. The Kier molecular flexibility index (Phi) is 4.27. The molecule has 0 aliphatic carbocycles. The predicted molar refractivity (Wildman–Crippen MR) is 82.1 cm³/mol. The minimum absolute atomic E-state index is 0.0684. The lowest BCUT2D eigenvalue weighted by molar-refractivity contribution is 0.418. The van der Waals surface area contributed by atoms with Gasteiger partial charge in [0.2, 0.25) is 0 Å². The van der Waals surface area contributed by atoms with E-state index in [-0.39, 0.29) is 17.2 Å². The molecule has 0 fully saturated rings. The second-order valence-electron chi connectivity index (χ2n) is 6.17. The van der Waals surface area contributed by atoms with E-state index in [0.717, 1.165) is 17.1 Å². The number of hydrogen-bond donors (Lipinski definition) is 3. The van der Waals surface area contributed by atoms with Gasteiger partial charge in [0.05, 0.1) is 17.1 Å².